The summed E-state index contributed by atoms with van der Waals surface area (Å²) in [4.78, 5) is 22.0. The van der Waals surface area contributed by atoms with Gasteiger partial charge >= 0.3 is 5.97 Å². The number of aliphatic carboxylic acids is 1. The van der Waals surface area contributed by atoms with Crippen LogP contribution in [0.3, 0.4) is 0 Å². The van der Waals surface area contributed by atoms with Crippen LogP contribution >= 0.6 is 0 Å². The van der Waals surface area contributed by atoms with Crippen LogP contribution in [-0.4, -0.2) is 51.2 Å². The number of aromatic nitrogens is 3. The van der Waals surface area contributed by atoms with Crippen molar-refractivity contribution in [2.24, 2.45) is 0 Å². The molecule has 0 fully saturated rings. The Morgan fingerprint density at radius 1 is 1.56 bits per heavy atom. The van der Waals surface area contributed by atoms with Gasteiger partial charge < -0.3 is 15.2 Å². The molecule has 0 radical (unpaired) electrons. The number of ether oxygens (including phenoxy) is 1. The van der Waals surface area contributed by atoms with Crippen molar-refractivity contribution in [2.45, 2.75) is 26.5 Å². The van der Waals surface area contributed by atoms with Gasteiger partial charge in [0.2, 0.25) is 0 Å². The van der Waals surface area contributed by atoms with Crippen molar-refractivity contribution in [1.82, 2.24) is 20.3 Å². The van der Waals surface area contributed by atoms with Crippen molar-refractivity contribution in [1.29, 1.82) is 0 Å². The van der Waals surface area contributed by atoms with Gasteiger partial charge in [-0.1, -0.05) is 5.21 Å². The van der Waals surface area contributed by atoms with Gasteiger partial charge in [0.25, 0.3) is 5.91 Å². The van der Waals surface area contributed by atoms with E-state index in [2.05, 4.69) is 15.6 Å². The molecule has 0 atom stereocenters. The Morgan fingerprint density at radius 2 is 2.28 bits per heavy atom. The fourth-order valence-corrected chi connectivity index (χ4v) is 1.17. The number of carboxylic acids is 1. The van der Waals surface area contributed by atoms with Crippen LogP contribution in [0, 0.1) is 0 Å². The molecule has 0 unspecified atom stereocenters. The second-order valence-electron chi connectivity index (χ2n) is 3.87. The number of rotatable bonds is 7. The molecule has 100 valence electrons. The topological polar surface area (TPSA) is 106 Å². The Kier molecular flexibility index (Phi) is 5.25. The van der Waals surface area contributed by atoms with E-state index in [1.54, 1.807) is 0 Å². The number of hydrogen-bond acceptors (Lipinski definition) is 5. The third-order valence-corrected chi connectivity index (χ3v) is 1.91. The van der Waals surface area contributed by atoms with Crippen LogP contribution < -0.4 is 5.32 Å². The molecule has 8 heteroatoms. The number of amides is 1. The van der Waals surface area contributed by atoms with Crippen molar-refractivity contribution < 1.29 is 19.4 Å². The Balaban J connectivity index is 2.37. The van der Waals surface area contributed by atoms with E-state index in [-0.39, 0.29) is 18.3 Å². The molecule has 1 heterocycles. The summed E-state index contributed by atoms with van der Waals surface area (Å²) >= 11 is 0. The van der Waals surface area contributed by atoms with E-state index < -0.39 is 11.9 Å². The Bertz CT molecular complexity index is 416. The van der Waals surface area contributed by atoms with E-state index in [0.717, 1.165) is 4.68 Å². The summed E-state index contributed by atoms with van der Waals surface area (Å²) in [6, 6.07) is 0. The fraction of sp³-hybridized carbons (Fsp3) is 0.600. The molecule has 1 rings (SSSR count). The lowest BCUT2D eigenvalue weighted by Crippen LogP contribution is -2.28. The molecule has 0 spiro atoms. The van der Waals surface area contributed by atoms with Gasteiger partial charge in [0.1, 0.15) is 6.54 Å². The van der Waals surface area contributed by atoms with Gasteiger partial charge in [-0.15, -0.1) is 5.10 Å². The zero-order chi connectivity index (χ0) is 13.5. The van der Waals surface area contributed by atoms with E-state index in [9.17, 15) is 9.59 Å². The first-order chi connectivity index (χ1) is 8.49. The maximum atomic E-state index is 11.6. The van der Waals surface area contributed by atoms with Gasteiger partial charge in [-0.25, -0.2) is 4.68 Å². The van der Waals surface area contributed by atoms with Gasteiger partial charge in [-0.05, 0) is 13.8 Å². The van der Waals surface area contributed by atoms with Crippen molar-refractivity contribution in [3.8, 4) is 0 Å². The molecule has 0 aliphatic carbocycles. The first-order valence-corrected chi connectivity index (χ1v) is 5.50. The van der Waals surface area contributed by atoms with E-state index in [1.165, 1.54) is 6.20 Å². The molecule has 1 aromatic heterocycles. The highest BCUT2D eigenvalue weighted by Gasteiger charge is 2.11. The molecule has 2 N–H and O–H groups in total. The monoisotopic (exact) mass is 256 g/mol. The zero-order valence-corrected chi connectivity index (χ0v) is 10.3. The van der Waals surface area contributed by atoms with Crippen molar-refractivity contribution in [3.63, 3.8) is 0 Å². The minimum Gasteiger partial charge on any atom is -0.480 e. The number of nitrogens with zero attached hydrogens (tertiary/aromatic N) is 3. The van der Waals surface area contributed by atoms with Crippen LogP contribution in [0.1, 0.15) is 24.3 Å². The molecule has 0 saturated heterocycles. The second kappa shape index (κ2) is 6.70. The van der Waals surface area contributed by atoms with Gasteiger partial charge in [0, 0.05) is 6.54 Å². The van der Waals surface area contributed by atoms with E-state index in [0.29, 0.717) is 13.2 Å². The third kappa shape index (κ3) is 4.91. The maximum absolute atomic E-state index is 11.6. The number of carbonyl (C=O) groups excluding carboxylic acids is 1. The average Bonchev–Trinajstić information content (AvgIpc) is 2.71. The predicted molar refractivity (Wildman–Crippen MR) is 61.1 cm³/mol. The lowest BCUT2D eigenvalue weighted by atomic mass is 10.4. The lowest BCUT2D eigenvalue weighted by Gasteiger charge is -2.07. The SMILES string of the molecule is CC(C)OCCNC(=O)c1cn(CC(=O)O)nn1. The molecule has 0 aromatic carbocycles. The summed E-state index contributed by atoms with van der Waals surface area (Å²) in [5.41, 5.74) is 0.0841. The first kappa shape index (κ1) is 14.1. The number of carboxylic acid groups (broad SMARTS) is 1. The average molecular weight is 256 g/mol. The molecular weight excluding hydrogens is 240 g/mol. The Morgan fingerprint density at radius 3 is 2.89 bits per heavy atom. The van der Waals surface area contributed by atoms with Crippen LogP contribution in [0.5, 0.6) is 0 Å². The van der Waals surface area contributed by atoms with Crippen LogP contribution in [0.15, 0.2) is 6.20 Å². The predicted octanol–water partition coefficient (Wildman–Crippen LogP) is -0.482. The first-order valence-electron chi connectivity index (χ1n) is 5.50. The smallest absolute Gasteiger partial charge is 0.325 e. The number of nitrogens with one attached hydrogen (secondary N) is 1. The van der Waals surface area contributed by atoms with E-state index in [1.807, 2.05) is 13.8 Å². The van der Waals surface area contributed by atoms with Crippen LogP contribution in [0.4, 0.5) is 0 Å². The number of hydrogen-bond donors (Lipinski definition) is 2. The summed E-state index contributed by atoms with van der Waals surface area (Å²) in [7, 11) is 0. The number of carbonyl (C=O) groups is 2. The molecule has 8 nitrogen and oxygen atoms in total. The summed E-state index contributed by atoms with van der Waals surface area (Å²) in [5.74, 6) is -1.45. The largest absolute Gasteiger partial charge is 0.480 e. The highest BCUT2D eigenvalue weighted by atomic mass is 16.5. The van der Waals surface area contributed by atoms with Crippen LogP contribution in [-0.2, 0) is 16.1 Å². The molecule has 0 saturated carbocycles. The van der Waals surface area contributed by atoms with Crippen molar-refractivity contribution in [3.05, 3.63) is 11.9 Å². The summed E-state index contributed by atoms with van der Waals surface area (Å²) in [5, 5.41) is 18.2. The molecule has 0 bridgehead atoms. The van der Waals surface area contributed by atoms with E-state index >= 15 is 0 Å². The van der Waals surface area contributed by atoms with E-state index in [4.69, 9.17) is 9.84 Å². The molecule has 0 aliphatic heterocycles. The van der Waals surface area contributed by atoms with Gasteiger partial charge in [0.15, 0.2) is 5.69 Å². The minimum absolute atomic E-state index is 0.0841. The van der Waals surface area contributed by atoms with Crippen LogP contribution in [0.2, 0.25) is 0 Å². The molecule has 1 amide bonds. The summed E-state index contributed by atoms with van der Waals surface area (Å²) < 4.78 is 6.34. The van der Waals surface area contributed by atoms with Gasteiger partial charge in [-0.2, -0.15) is 0 Å². The minimum atomic E-state index is -1.04. The lowest BCUT2D eigenvalue weighted by molar-refractivity contribution is -0.137. The quantitative estimate of drug-likeness (QED) is 0.638. The highest BCUT2D eigenvalue weighted by Crippen LogP contribution is 1.93. The van der Waals surface area contributed by atoms with Crippen molar-refractivity contribution >= 4 is 11.9 Å². The molecule has 0 aliphatic rings. The second-order valence-corrected chi connectivity index (χ2v) is 3.87. The summed E-state index contributed by atoms with van der Waals surface area (Å²) in [6.45, 7) is 4.25. The van der Waals surface area contributed by atoms with Gasteiger partial charge in [-0.3, -0.25) is 9.59 Å². The fourth-order valence-electron chi connectivity index (χ4n) is 1.17. The standard InChI is InChI=1S/C10H16N4O4/c1-7(2)18-4-3-11-10(17)8-5-14(13-12-8)6-9(15)16/h5,7H,3-4,6H2,1-2H3,(H,11,17)(H,15,16). The molecule has 18 heavy (non-hydrogen) atoms. The molecule has 1 aromatic rings. The highest BCUT2D eigenvalue weighted by molar-refractivity contribution is 5.91. The van der Waals surface area contributed by atoms with Gasteiger partial charge in [0.05, 0.1) is 18.9 Å². The third-order valence-electron chi connectivity index (χ3n) is 1.91. The summed E-state index contributed by atoms with van der Waals surface area (Å²) in [6.07, 6.45) is 1.39. The Labute approximate surface area is 104 Å². The zero-order valence-electron chi connectivity index (χ0n) is 10.3. The van der Waals surface area contributed by atoms with Crippen molar-refractivity contribution in [2.75, 3.05) is 13.2 Å². The normalized spacial score (nSPS) is 10.6. The Hall–Kier alpha value is -1.96. The molecular formula is C10H16N4O4. The van der Waals surface area contributed by atoms with Crippen LogP contribution in [0.25, 0.3) is 0 Å². The maximum Gasteiger partial charge on any atom is 0.325 e.